The van der Waals surface area contributed by atoms with Crippen LogP contribution in [-0.4, -0.2) is 71.7 Å². The molecule has 2 N–H and O–H groups in total. The lowest BCUT2D eigenvalue weighted by molar-refractivity contribution is -0.124. The molecular formula is C20H25ClFN5O4S. The fourth-order valence-corrected chi connectivity index (χ4v) is 5.83. The quantitative estimate of drug-likeness (QED) is 0.618. The van der Waals surface area contributed by atoms with Crippen LogP contribution in [0.5, 0.6) is 0 Å². The van der Waals surface area contributed by atoms with Gasteiger partial charge in [-0.25, -0.2) is 27.1 Å². The summed E-state index contributed by atoms with van der Waals surface area (Å²) in [7, 11) is -3.56. The minimum Gasteiger partial charge on any atom is -0.377 e. The first-order valence-corrected chi connectivity index (χ1v) is 12.4. The van der Waals surface area contributed by atoms with Crippen LogP contribution in [0, 0.1) is 11.7 Å². The van der Waals surface area contributed by atoms with Crippen molar-refractivity contribution in [1.82, 2.24) is 24.6 Å². The number of aromatic amines is 1. The van der Waals surface area contributed by atoms with Crippen molar-refractivity contribution in [3.05, 3.63) is 35.0 Å². The Morgan fingerprint density at radius 3 is 2.81 bits per heavy atom. The molecule has 0 spiro atoms. The molecule has 0 aliphatic carbocycles. The third-order valence-electron chi connectivity index (χ3n) is 5.88. The van der Waals surface area contributed by atoms with E-state index in [0.717, 1.165) is 11.9 Å². The van der Waals surface area contributed by atoms with Gasteiger partial charge in [-0.15, -0.1) is 0 Å². The topological polar surface area (TPSA) is 117 Å². The van der Waals surface area contributed by atoms with Crippen molar-refractivity contribution in [2.75, 3.05) is 32.1 Å². The number of imidazole rings is 1. The highest BCUT2D eigenvalue weighted by molar-refractivity contribution is 7.89. The predicted molar refractivity (Wildman–Crippen MR) is 116 cm³/mol. The smallest absolute Gasteiger partial charge is 0.221 e. The number of H-pyrrole nitrogens is 1. The molecule has 4 rings (SSSR count). The van der Waals surface area contributed by atoms with Gasteiger partial charge >= 0.3 is 0 Å². The predicted octanol–water partition coefficient (Wildman–Crippen LogP) is 1.92. The van der Waals surface area contributed by atoms with Crippen molar-refractivity contribution < 1.29 is 22.3 Å². The van der Waals surface area contributed by atoms with Gasteiger partial charge in [-0.2, -0.15) is 0 Å². The third-order valence-corrected chi connectivity index (χ3v) is 8.00. The molecule has 4 heterocycles. The number of ether oxygens (including phenoxy) is 1. The number of hydrogen-bond donors (Lipinski definition) is 2. The van der Waals surface area contributed by atoms with Crippen molar-refractivity contribution in [3.8, 4) is 11.5 Å². The summed E-state index contributed by atoms with van der Waals surface area (Å²) >= 11 is 6.36. The number of amides is 1. The summed E-state index contributed by atoms with van der Waals surface area (Å²) in [6.45, 7) is 3.55. The van der Waals surface area contributed by atoms with Crippen molar-refractivity contribution in [3.63, 3.8) is 0 Å². The number of rotatable bonds is 7. The van der Waals surface area contributed by atoms with Gasteiger partial charge in [-0.1, -0.05) is 18.5 Å². The molecule has 0 bridgehead atoms. The number of nitrogens with zero attached hydrogens (tertiary/aromatic N) is 3. The van der Waals surface area contributed by atoms with Gasteiger partial charge in [0.25, 0.3) is 0 Å². The Balaban J connectivity index is 1.37. The summed E-state index contributed by atoms with van der Waals surface area (Å²) in [5.74, 6) is -0.548. The molecule has 2 aromatic heterocycles. The lowest BCUT2D eigenvalue weighted by atomic mass is 9.86. The van der Waals surface area contributed by atoms with Gasteiger partial charge in [0.2, 0.25) is 15.9 Å². The van der Waals surface area contributed by atoms with Crippen LogP contribution in [0.4, 0.5) is 4.39 Å². The van der Waals surface area contributed by atoms with E-state index in [1.165, 1.54) is 16.4 Å². The number of carbonyl (C=O) groups excluding carboxylic acids is 1. The normalized spacial score (nSPS) is 22.5. The molecule has 0 aromatic carbocycles. The lowest BCUT2D eigenvalue weighted by Crippen LogP contribution is -2.49. The standard InChI is InChI=1S/C20H25ClFN5O4S/c1-12-9-27(32(29,30)7-5-17(28)24-14-10-31-11-14)6-4-15(12)18-19(21)26-20(25-18)16-3-2-13(22)8-23-16/h2-3,8,12,14-15H,4-7,9-11H2,1H3,(H,24,28)(H,25,26)/t12-,15+/m0/s1. The average Bonchev–Trinajstić information content (AvgIpc) is 3.11. The van der Waals surface area contributed by atoms with Crippen molar-refractivity contribution >= 4 is 27.5 Å². The molecule has 2 saturated heterocycles. The summed E-state index contributed by atoms with van der Waals surface area (Å²) < 4.78 is 45.1. The Morgan fingerprint density at radius 1 is 1.41 bits per heavy atom. The molecular weight excluding hydrogens is 461 g/mol. The zero-order valence-corrected chi connectivity index (χ0v) is 19.1. The number of pyridine rings is 1. The van der Waals surface area contributed by atoms with Crippen LogP contribution in [0.2, 0.25) is 5.15 Å². The van der Waals surface area contributed by atoms with E-state index in [2.05, 4.69) is 20.3 Å². The fourth-order valence-electron chi connectivity index (χ4n) is 4.01. The highest BCUT2D eigenvalue weighted by Crippen LogP contribution is 2.37. The number of halogens is 2. The summed E-state index contributed by atoms with van der Waals surface area (Å²) in [5.41, 5.74) is 1.19. The lowest BCUT2D eigenvalue weighted by Gasteiger charge is -2.35. The molecule has 2 aliphatic heterocycles. The van der Waals surface area contributed by atoms with E-state index in [1.807, 2.05) is 6.92 Å². The molecule has 0 unspecified atom stereocenters. The molecule has 2 aromatic rings. The van der Waals surface area contributed by atoms with Gasteiger partial charge in [0.15, 0.2) is 11.0 Å². The van der Waals surface area contributed by atoms with Crippen LogP contribution >= 0.6 is 11.6 Å². The summed E-state index contributed by atoms with van der Waals surface area (Å²) in [6, 6.07) is 2.79. The fraction of sp³-hybridized carbons (Fsp3) is 0.550. The van der Waals surface area contributed by atoms with Gasteiger partial charge in [0, 0.05) is 25.4 Å². The van der Waals surface area contributed by atoms with Gasteiger partial charge in [0.05, 0.1) is 36.9 Å². The van der Waals surface area contributed by atoms with E-state index in [1.54, 1.807) is 0 Å². The zero-order valence-electron chi connectivity index (χ0n) is 17.6. The van der Waals surface area contributed by atoms with Crippen LogP contribution in [0.3, 0.4) is 0 Å². The Morgan fingerprint density at radius 2 is 2.19 bits per heavy atom. The number of piperidine rings is 1. The SMILES string of the molecule is C[C@H]1CN(S(=O)(=O)CCC(=O)NC2COC2)CC[C@H]1c1[nH]c(-c2ccc(F)cn2)nc1Cl. The van der Waals surface area contributed by atoms with E-state index < -0.39 is 15.8 Å². The minimum atomic E-state index is -3.56. The van der Waals surface area contributed by atoms with E-state index >= 15 is 0 Å². The van der Waals surface area contributed by atoms with Crippen molar-refractivity contribution in [2.24, 2.45) is 5.92 Å². The number of sulfonamides is 1. The second-order valence-electron chi connectivity index (χ2n) is 8.25. The first kappa shape index (κ1) is 23.1. The van der Waals surface area contributed by atoms with Crippen LogP contribution in [-0.2, 0) is 19.6 Å². The second kappa shape index (κ2) is 9.42. The Bertz CT molecular complexity index is 1070. The molecule has 2 atom stereocenters. The summed E-state index contributed by atoms with van der Waals surface area (Å²) in [4.78, 5) is 23.5. The van der Waals surface area contributed by atoms with Crippen molar-refractivity contribution in [2.45, 2.75) is 31.7 Å². The Kier molecular flexibility index (Phi) is 6.80. The third kappa shape index (κ3) is 5.11. The van der Waals surface area contributed by atoms with Gasteiger partial charge in [0.1, 0.15) is 11.5 Å². The van der Waals surface area contributed by atoms with Gasteiger partial charge < -0.3 is 15.0 Å². The maximum absolute atomic E-state index is 13.1. The van der Waals surface area contributed by atoms with E-state index in [0.29, 0.717) is 49.4 Å². The van der Waals surface area contributed by atoms with Gasteiger partial charge in [-0.05, 0) is 24.5 Å². The second-order valence-corrected chi connectivity index (χ2v) is 10.7. The average molecular weight is 486 g/mol. The number of carbonyl (C=O) groups is 1. The number of hydrogen-bond acceptors (Lipinski definition) is 6. The first-order chi connectivity index (χ1) is 15.2. The molecule has 32 heavy (non-hydrogen) atoms. The van der Waals surface area contributed by atoms with Gasteiger partial charge in [-0.3, -0.25) is 4.79 Å². The van der Waals surface area contributed by atoms with E-state index in [4.69, 9.17) is 16.3 Å². The van der Waals surface area contributed by atoms with Crippen LogP contribution in [0.25, 0.3) is 11.5 Å². The van der Waals surface area contributed by atoms with E-state index in [9.17, 15) is 17.6 Å². The molecule has 12 heteroatoms. The monoisotopic (exact) mass is 485 g/mol. The largest absolute Gasteiger partial charge is 0.377 e. The molecule has 0 saturated carbocycles. The molecule has 1 amide bonds. The number of aromatic nitrogens is 3. The maximum Gasteiger partial charge on any atom is 0.221 e. The maximum atomic E-state index is 13.1. The first-order valence-electron chi connectivity index (χ1n) is 10.4. The zero-order chi connectivity index (χ0) is 22.9. The number of nitrogens with one attached hydrogen (secondary N) is 2. The van der Waals surface area contributed by atoms with Crippen LogP contribution in [0.1, 0.15) is 31.4 Å². The summed E-state index contributed by atoms with van der Waals surface area (Å²) in [5, 5.41) is 3.06. The van der Waals surface area contributed by atoms with E-state index in [-0.39, 0.29) is 36.0 Å². The molecule has 0 radical (unpaired) electrons. The highest BCUT2D eigenvalue weighted by Gasteiger charge is 2.35. The van der Waals surface area contributed by atoms with Crippen molar-refractivity contribution in [1.29, 1.82) is 0 Å². The Hall–Kier alpha value is -2.08. The van der Waals surface area contributed by atoms with Crippen LogP contribution in [0.15, 0.2) is 18.3 Å². The molecule has 174 valence electrons. The molecule has 2 aliphatic rings. The molecule has 9 nitrogen and oxygen atoms in total. The molecule has 2 fully saturated rings. The highest BCUT2D eigenvalue weighted by atomic mass is 35.5. The minimum absolute atomic E-state index is 0.0161. The Labute approximate surface area is 190 Å². The summed E-state index contributed by atoms with van der Waals surface area (Å²) in [6.07, 6.45) is 1.59. The van der Waals surface area contributed by atoms with Crippen LogP contribution < -0.4 is 5.32 Å².